The zero-order valence-corrected chi connectivity index (χ0v) is 11.4. The summed E-state index contributed by atoms with van der Waals surface area (Å²) in [5.74, 6) is -0.549. The molecule has 6 heteroatoms. The number of benzene rings is 1. The zero-order valence-electron chi connectivity index (χ0n) is 10.7. The minimum atomic E-state index is -1.23. The first kappa shape index (κ1) is 14.1. The topological polar surface area (TPSA) is 68.5 Å². The maximum Gasteiger partial charge on any atom is 0.354 e. The van der Waals surface area contributed by atoms with Crippen molar-refractivity contribution in [2.24, 2.45) is 0 Å². The highest BCUT2D eigenvalue weighted by atomic mass is 35.5. The van der Waals surface area contributed by atoms with Gasteiger partial charge in [0, 0.05) is 6.07 Å². The van der Waals surface area contributed by atoms with Crippen LogP contribution in [0.15, 0.2) is 41.2 Å². The number of hydrogen-bond donors (Lipinski definition) is 1. The van der Waals surface area contributed by atoms with Gasteiger partial charge in [-0.2, -0.15) is 0 Å². The fraction of sp³-hybridized carbons (Fsp3) is 0.143. The second kappa shape index (κ2) is 5.79. The van der Waals surface area contributed by atoms with Crippen LogP contribution in [0.2, 0.25) is 5.02 Å². The molecular weight excluding hydrogens is 282 g/mol. The van der Waals surface area contributed by atoms with Crippen molar-refractivity contribution in [1.82, 2.24) is 4.57 Å². The van der Waals surface area contributed by atoms with E-state index < -0.39 is 11.5 Å². The van der Waals surface area contributed by atoms with Gasteiger partial charge < -0.3 is 9.84 Å². The Bertz CT molecular complexity index is 691. The molecule has 0 aliphatic rings. The van der Waals surface area contributed by atoms with Crippen LogP contribution in [0.25, 0.3) is 0 Å². The van der Waals surface area contributed by atoms with Crippen molar-refractivity contribution in [2.75, 3.05) is 7.11 Å². The first-order valence-electron chi connectivity index (χ1n) is 5.78. The molecule has 0 amide bonds. The summed E-state index contributed by atoms with van der Waals surface area (Å²) >= 11 is 5.85. The SMILES string of the molecule is COc1ccc(Cn2c(C(=O)O)c(Cl)ccc2=O)cc1. The Morgan fingerprint density at radius 2 is 1.90 bits per heavy atom. The summed E-state index contributed by atoms with van der Waals surface area (Å²) in [7, 11) is 1.55. The van der Waals surface area contributed by atoms with Gasteiger partial charge in [0.1, 0.15) is 11.4 Å². The van der Waals surface area contributed by atoms with Crippen LogP contribution in [0.3, 0.4) is 0 Å². The smallest absolute Gasteiger partial charge is 0.354 e. The first-order valence-corrected chi connectivity index (χ1v) is 6.16. The predicted octanol–water partition coefficient (Wildman–Crippen LogP) is 2.26. The van der Waals surface area contributed by atoms with Crippen LogP contribution in [-0.4, -0.2) is 22.8 Å². The Morgan fingerprint density at radius 3 is 2.45 bits per heavy atom. The van der Waals surface area contributed by atoms with Crippen molar-refractivity contribution in [3.8, 4) is 5.75 Å². The molecule has 5 nitrogen and oxygen atoms in total. The first-order chi connectivity index (χ1) is 9.52. The monoisotopic (exact) mass is 293 g/mol. The molecule has 1 aromatic carbocycles. The van der Waals surface area contributed by atoms with Gasteiger partial charge in [0.2, 0.25) is 0 Å². The quantitative estimate of drug-likeness (QED) is 0.939. The predicted molar refractivity (Wildman–Crippen MR) is 74.8 cm³/mol. The molecule has 0 bridgehead atoms. The molecule has 2 aromatic rings. The van der Waals surface area contributed by atoms with E-state index in [9.17, 15) is 9.59 Å². The summed E-state index contributed by atoms with van der Waals surface area (Å²) in [4.78, 5) is 23.1. The van der Waals surface area contributed by atoms with Gasteiger partial charge >= 0.3 is 5.97 Å². The lowest BCUT2D eigenvalue weighted by molar-refractivity contribution is 0.0684. The Kier molecular flexibility index (Phi) is 4.10. The Balaban J connectivity index is 2.44. The number of rotatable bonds is 4. The fourth-order valence-electron chi connectivity index (χ4n) is 1.84. The van der Waals surface area contributed by atoms with Crippen molar-refractivity contribution < 1.29 is 14.6 Å². The van der Waals surface area contributed by atoms with Gasteiger partial charge in [-0.1, -0.05) is 23.7 Å². The minimum Gasteiger partial charge on any atom is -0.497 e. The van der Waals surface area contributed by atoms with Gasteiger partial charge in [-0.15, -0.1) is 0 Å². The molecule has 0 atom stereocenters. The fourth-order valence-corrected chi connectivity index (χ4v) is 2.09. The number of hydrogen-bond acceptors (Lipinski definition) is 3. The maximum atomic E-state index is 11.8. The summed E-state index contributed by atoms with van der Waals surface area (Å²) < 4.78 is 6.17. The molecule has 0 aliphatic heterocycles. The van der Waals surface area contributed by atoms with Crippen molar-refractivity contribution >= 4 is 17.6 Å². The molecule has 0 radical (unpaired) electrons. The van der Waals surface area contributed by atoms with Crippen LogP contribution in [0.5, 0.6) is 5.75 Å². The number of methoxy groups -OCH3 is 1. The second-order valence-corrected chi connectivity index (χ2v) is 4.51. The third-order valence-electron chi connectivity index (χ3n) is 2.84. The van der Waals surface area contributed by atoms with Gasteiger partial charge in [-0.05, 0) is 23.8 Å². The molecule has 2 rings (SSSR count). The average Bonchev–Trinajstić information content (AvgIpc) is 2.43. The highest BCUT2D eigenvalue weighted by molar-refractivity contribution is 6.33. The van der Waals surface area contributed by atoms with Crippen molar-refractivity contribution in [3.05, 3.63) is 63.0 Å². The number of carboxylic acids is 1. The third kappa shape index (κ3) is 2.83. The van der Waals surface area contributed by atoms with Gasteiger partial charge in [-0.25, -0.2) is 4.79 Å². The standard InChI is InChI=1S/C14H12ClNO4/c1-20-10-4-2-9(3-5-10)8-16-12(17)7-6-11(15)13(16)14(18)19/h2-7H,8H2,1H3,(H,18,19). The van der Waals surface area contributed by atoms with E-state index >= 15 is 0 Å². The van der Waals surface area contributed by atoms with Crippen LogP contribution >= 0.6 is 11.6 Å². The molecule has 1 aromatic heterocycles. The molecule has 20 heavy (non-hydrogen) atoms. The number of nitrogens with zero attached hydrogens (tertiary/aromatic N) is 1. The lowest BCUT2D eigenvalue weighted by atomic mass is 10.2. The number of halogens is 1. The number of ether oxygens (including phenoxy) is 1. The number of aromatic carboxylic acids is 1. The molecule has 1 heterocycles. The third-order valence-corrected chi connectivity index (χ3v) is 3.14. The van der Waals surface area contributed by atoms with Crippen molar-refractivity contribution in [1.29, 1.82) is 0 Å². The lowest BCUT2D eigenvalue weighted by Crippen LogP contribution is -2.26. The molecule has 0 spiro atoms. The summed E-state index contributed by atoms with van der Waals surface area (Å²) in [6.45, 7) is 0.130. The van der Waals surface area contributed by atoms with Gasteiger partial charge in [0.15, 0.2) is 0 Å². The lowest BCUT2D eigenvalue weighted by Gasteiger charge is -2.11. The van der Waals surface area contributed by atoms with Gasteiger partial charge in [0.05, 0.1) is 18.7 Å². The van der Waals surface area contributed by atoms with Crippen LogP contribution in [0, 0.1) is 0 Å². The van der Waals surface area contributed by atoms with Crippen LogP contribution in [-0.2, 0) is 6.54 Å². The summed E-state index contributed by atoms with van der Waals surface area (Å²) in [5.41, 5.74) is 0.148. The zero-order chi connectivity index (χ0) is 14.7. The molecular formula is C14H12ClNO4. The highest BCUT2D eigenvalue weighted by Gasteiger charge is 2.15. The van der Waals surface area contributed by atoms with E-state index in [0.29, 0.717) is 5.75 Å². The van der Waals surface area contributed by atoms with E-state index in [4.69, 9.17) is 21.4 Å². The van der Waals surface area contributed by atoms with E-state index in [1.165, 1.54) is 12.1 Å². The number of aromatic nitrogens is 1. The van der Waals surface area contributed by atoms with E-state index in [0.717, 1.165) is 10.1 Å². The second-order valence-electron chi connectivity index (χ2n) is 4.11. The normalized spacial score (nSPS) is 10.3. The molecule has 0 fully saturated rings. The summed E-state index contributed by atoms with van der Waals surface area (Å²) in [6, 6.07) is 9.54. The molecule has 1 N–H and O–H groups in total. The highest BCUT2D eigenvalue weighted by Crippen LogP contribution is 2.16. The minimum absolute atomic E-state index is 0.0330. The Labute approximate surface area is 120 Å². The molecule has 0 saturated heterocycles. The Morgan fingerprint density at radius 1 is 1.25 bits per heavy atom. The van der Waals surface area contributed by atoms with Crippen molar-refractivity contribution in [3.63, 3.8) is 0 Å². The van der Waals surface area contributed by atoms with Crippen LogP contribution in [0.4, 0.5) is 0 Å². The summed E-state index contributed by atoms with van der Waals surface area (Å²) in [6.07, 6.45) is 0. The van der Waals surface area contributed by atoms with Crippen LogP contribution in [0.1, 0.15) is 16.1 Å². The summed E-state index contributed by atoms with van der Waals surface area (Å²) in [5, 5.41) is 9.20. The molecule has 0 saturated carbocycles. The van der Waals surface area contributed by atoms with E-state index in [1.807, 2.05) is 0 Å². The molecule has 0 aliphatic carbocycles. The number of pyridine rings is 1. The van der Waals surface area contributed by atoms with E-state index in [-0.39, 0.29) is 17.3 Å². The largest absolute Gasteiger partial charge is 0.497 e. The maximum absolute atomic E-state index is 11.8. The molecule has 0 unspecified atom stereocenters. The van der Waals surface area contributed by atoms with Gasteiger partial charge in [0.25, 0.3) is 5.56 Å². The van der Waals surface area contributed by atoms with Crippen molar-refractivity contribution in [2.45, 2.75) is 6.54 Å². The van der Waals surface area contributed by atoms with E-state index in [2.05, 4.69) is 0 Å². The van der Waals surface area contributed by atoms with E-state index in [1.54, 1.807) is 31.4 Å². The van der Waals surface area contributed by atoms with Crippen LogP contribution < -0.4 is 10.3 Å². The Hall–Kier alpha value is -2.27. The number of carbonyl (C=O) groups is 1. The number of carboxylic acid groups (broad SMARTS) is 1. The molecule has 104 valence electrons. The average molecular weight is 294 g/mol. The van der Waals surface area contributed by atoms with Gasteiger partial charge in [-0.3, -0.25) is 9.36 Å².